The monoisotopic (exact) mass is 470 g/mol. The third kappa shape index (κ3) is 5.87. The standard InChI is InChI=1S/C19H17Cl3N4O2S/c1-28-9-8-26-18(12-2-4-13(20)5-3-12)24-25-19(26)29-11-17(27)23-14-6-7-15(21)16(22)10-14/h2-7,10H,8-9,11H2,1H3,(H,23,27). The van der Waals surface area contributed by atoms with E-state index < -0.39 is 0 Å². The number of carbonyl (C=O) groups excluding carboxylic acids is 1. The van der Waals surface area contributed by atoms with E-state index in [2.05, 4.69) is 15.5 Å². The van der Waals surface area contributed by atoms with E-state index in [0.29, 0.717) is 44.9 Å². The van der Waals surface area contributed by atoms with Gasteiger partial charge in [-0.1, -0.05) is 46.6 Å². The second-order valence-corrected chi connectivity index (χ2v) is 8.12. The summed E-state index contributed by atoms with van der Waals surface area (Å²) in [4.78, 5) is 12.3. The summed E-state index contributed by atoms with van der Waals surface area (Å²) >= 11 is 19.1. The Morgan fingerprint density at radius 3 is 2.55 bits per heavy atom. The molecule has 0 spiro atoms. The molecule has 1 heterocycles. The molecule has 29 heavy (non-hydrogen) atoms. The van der Waals surface area contributed by atoms with Crippen molar-refractivity contribution >= 4 is 58.2 Å². The molecule has 0 aliphatic rings. The summed E-state index contributed by atoms with van der Waals surface area (Å²) in [5.41, 5.74) is 1.46. The number of amides is 1. The first kappa shape index (κ1) is 21.9. The summed E-state index contributed by atoms with van der Waals surface area (Å²) < 4.78 is 7.12. The summed E-state index contributed by atoms with van der Waals surface area (Å²) in [5, 5.41) is 13.4. The molecule has 1 amide bonds. The highest BCUT2D eigenvalue weighted by atomic mass is 35.5. The number of hydrogen-bond donors (Lipinski definition) is 1. The highest BCUT2D eigenvalue weighted by Crippen LogP contribution is 2.27. The van der Waals surface area contributed by atoms with Gasteiger partial charge in [0.25, 0.3) is 0 Å². The Balaban J connectivity index is 1.71. The predicted molar refractivity (Wildman–Crippen MR) is 118 cm³/mol. The average molecular weight is 472 g/mol. The van der Waals surface area contributed by atoms with E-state index in [-0.39, 0.29) is 11.7 Å². The Labute approximate surface area is 187 Å². The van der Waals surface area contributed by atoms with Gasteiger partial charge in [0.1, 0.15) is 0 Å². The molecular formula is C19H17Cl3N4O2S. The first-order chi connectivity index (χ1) is 14.0. The number of methoxy groups -OCH3 is 1. The Morgan fingerprint density at radius 1 is 1.10 bits per heavy atom. The van der Waals surface area contributed by atoms with Crippen LogP contribution in [0.2, 0.25) is 15.1 Å². The number of ether oxygens (including phenoxy) is 1. The lowest BCUT2D eigenvalue weighted by Crippen LogP contribution is -2.15. The summed E-state index contributed by atoms with van der Waals surface area (Å²) in [6, 6.07) is 12.3. The zero-order valence-electron chi connectivity index (χ0n) is 15.4. The van der Waals surface area contributed by atoms with Crippen LogP contribution in [0, 0.1) is 0 Å². The average Bonchev–Trinajstić information content (AvgIpc) is 3.11. The summed E-state index contributed by atoms with van der Waals surface area (Å²) in [7, 11) is 1.63. The Morgan fingerprint density at radius 2 is 1.86 bits per heavy atom. The number of hydrogen-bond acceptors (Lipinski definition) is 5. The van der Waals surface area contributed by atoms with Crippen LogP contribution in [0.1, 0.15) is 0 Å². The predicted octanol–water partition coefficient (Wildman–Crippen LogP) is 5.28. The molecule has 10 heteroatoms. The van der Waals surface area contributed by atoms with Crippen LogP contribution in [-0.4, -0.2) is 40.1 Å². The van der Waals surface area contributed by atoms with E-state index in [1.807, 2.05) is 16.7 Å². The first-order valence-corrected chi connectivity index (χ1v) is 10.7. The number of anilines is 1. The number of benzene rings is 2. The fraction of sp³-hybridized carbons (Fsp3) is 0.211. The molecule has 6 nitrogen and oxygen atoms in total. The molecule has 152 valence electrons. The normalized spacial score (nSPS) is 10.9. The molecule has 0 radical (unpaired) electrons. The molecule has 2 aromatic carbocycles. The lowest BCUT2D eigenvalue weighted by Gasteiger charge is -2.10. The maximum Gasteiger partial charge on any atom is 0.234 e. The molecule has 0 fully saturated rings. The molecule has 0 unspecified atom stereocenters. The van der Waals surface area contributed by atoms with Gasteiger partial charge in [0.2, 0.25) is 5.91 Å². The van der Waals surface area contributed by atoms with Gasteiger partial charge < -0.3 is 10.1 Å². The smallest absolute Gasteiger partial charge is 0.234 e. The molecule has 0 bridgehead atoms. The fourth-order valence-corrected chi connectivity index (χ4v) is 3.68. The SMILES string of the molecule is COCCn1c(SCC(=O)Nc2ccc(Cl)c(Cl)c2)nnc1-c1ccc(Cl)cc1. The van der Waals surface area contributed by atoms with E-state index in [9.17, 15) is 4.79 Å². The number of nitrogens with zero attached hydrogens (tertiary/aromatic N) is 3. The summed E-state index contributed by atoms with van der Waals surface area (Å²) in [5.74, 6) is 0.653. The first-order valence-electron chi connectivity index (χ1n) is 8.53. The van der Waals surface area contributed by atoms with Gasteiger partial charge in [-0.3, -0.25) is 9.36 Å². The lowest BCUT2D eigenvalue weighted by molar-refractivity contribution is -0.113. The van der Waals surface area contributed by atoms with E-state index >= 15 is 0 Å². The van der Waals surface area contributed by atoms with Gasteiger partial charge in [-0.25, -0.2) is 0 Å². The Bertz CT molecular complexity index is 996. The fourth-order valence-electron chi connectivity index (χ4n) is 2.49. The largest absolute Gasteiger partial charge is 0.383 e. The maximum absolute atomic E-state index is 12.3. The van der Waals surface area contributed by atoms with E-state index in [4.69, 9.17) is 39.5 Å². The van der Waals surface area contributed by atoms with Crippen molar-refractivity contribution in [2.24, 2.45) is 0 Å². The van der Waals surface area contributed by atoms with E-state index in [1.165, 1.54) is 11.8 Å². The molecule has 1 aromatic heterocycles. The van der Waals surface area contributed by atoms with Gasteiger partial charge in [-0.05, 0) is 42.5 Å². The van der Waals surface area contributed by atoms with Crippen molar-refractivity contribution in [3.05, 3.63) is 57.5 Å². The third-order valence-electron chi connectivity index (χ3n) is 3.87. The molecule has 0 aliphatic heterocycles. The van der Waals surface area contributed by atoms with Gasteiger partial charge in [0.15, 0.2) is 11.0 Å². The van der Waals surface area contributed by atoms with Gasteiger partial charge >= 0.3 is 0 Å². The number of carbonyl (C=O) groups is 1. The minimum absolute atomic E-state index is 0.159. The van der Waals surface area contributed by atoms with Crippen LogP contribution >= 0.6 is 46.6 Å². The van der Waals surface area contributed by atoms with Gasteiger partial charge in [0.05, 0.1) is 28.9 Å². The van der Waals surface area contributed by atoms with Crippen molar-refractivity contribution in [2.45, 2.75) is 11.7 Å². The minimum atomic E-state index is -0.192. The molecule has 0 atom stereocenters. The van der Waals surface area contributed by atoms with Crippen molar-refractivity contribution < 1.29 is 9.53 Å². The van der Waals surface area contributed by atoms with Crippen LogP contribution in [0.4, 0.5) is 5.69 Å². The Hall–Kier alpha value is -1.77. The topological polar surface area (TPSA) is 69.0 Å². The van der Waals surface area contributed by atoms with Crippen molar-refractivity contribution in [1.29, 1.82) is 0 Å². The maximum atomic E-state index is 12.3. The molecule has 0 saturated carbocycles. The molecule has 1 N–H and O–H groups in total. The third-order valence-corrected chi connectivity index (χ3v) is 5.83. The van der Waals surface area contributed by atoms with Crippen molar-refractivity contribution in [3.8, 4) is 11.4 Å². The molecule has 0 aliphatic carbocycles. The quantitative estimate of drug-likeness (QED) is 0.453. The highest BCUT2D eigenvalue weighted by Gasteiger charge is 2.16. The minimum Gasteiger partial charge on any atom is -0.383 e. The zero-order valence-corrected chi connectivity index (χ0v) is 18.4. The summed E-state index contributed by atoms with van der Waals surface area (Å²) in [6.45, 7) is 1.04. The van der Waals surface area contributed by atoms with Crippen LogP contribution in [0.5, 0.6) is 0 Å². The van der Waals surface area contributed by atoms with Crippen LogP contribution in [0.3, 0.4) is 0 Å². The van der Waals surface area contributed by atoms with E-state index in [0.717, 1.165) is 5.56 Å². The highest BCUT2D eigenvalue weighted by molar-refractivity contribution is 7.99. The van der Waals surface area contributed by atoms with Gasteiger partial charge in [-0.2, -0.15) is 0 Å². The molecule has 3 rings (SSSR count). The van der Waals surface area contributed by atoms with Gasteiger partial charge in [0, 0.05) is 23.4 Å². The summed E-state index contributed by atoms with van der Waals surface area (Å²) in [6.07, 6.45) is 0. The number of thioether (sulfide) groups is 1. The van der Waals surface area contributed by atoms with Crippen molar-refractivity contribution in [1.82, 2.24) is 14.8 Å². The van der Waals surface area contributed by atoms with E-state index in [1.54, 1.807) is 37.4 Å². The lowest BCUT2D eigenvalue weighted by atomic mass is 10.2. The van der Waals surface area contributed by atoms with Crippen LogP contribution in [0.25, 0.3) is 11.4 Å². The van der Waals surface area contributed by atoms with Crippen LogP contribution in [0.15, 0.2) is 47.6 Å². The number of halogens is 3. The number of nitrogens with one attached hydrogen (secondary N) is 1. The number of aromatic nitrogens is 3. The molecular weight excluding hydrogens is 455 g/mol. The van der Waals surface area contributed by atoms with Crippen molar-refractivity contribution in [3.63, 3.8) is 0 Å². The van der Waals surface area contributed by atoms with Crippen LogP contribution in [-0.2, 0) is 16.1 Å². The second-order valence-electron chi connectivity index (χ2n) is 5.92. The second kappa shape index (κ2) is 10.3. The van der Waals surface area contributed by atoms with Gasteiger partial charge in [-0.15, -0.1) is 10.2 Å². The zero-order chi connectivity index (χ0) is 20.8. The van der Waals surface area contributed by atoms with Crippen molar-refractivity contribution in [2.75, 3.05) is 24.8 Å². The Kier molecular flexibility index (Phi) is 7.80. The number of rotatable bonds is 8. The van der Waals surface area contributed by atoms with Crippen LogP contribution < -0.4 is 5.32 Å². The molecule has 3 aromatic rings. The molecule has 0 saturated heterocycles.